The molecule has 1 heterocycles. The molecule has 0 aliphatic carbocycles. The predicted octanol–water partition coefficient (Wildman–Crippen LogP) is 1.99. The van der Waals surface area contributed by atoms with Crippen LogP contribution < -0.4 is 10.6 Å². The van der Waals surface area contributed by atoms with E-state index >= 15 is 0 Å². The Hall–Kier alpha value is -1.26. The maximum Gasteiger partial charge on any atom is 0.224 e. The molecule has 122 valence electrons. The Kier molecular flexibility index (Phi) is 8.87. The van der Waals surface area contributed by atoms with E-state index in [1.54, 1.807) is 0 Å². The molecule has 0 aromatic rings. The molecule has 1 aliphatic rings. The summed E-state index contributed by atoms with van der Waals surface area (Å²) in [4.78, 5) is 18.5. The van der Waals surface area contributed by atoms with Gasteiger partial charge in [-0.1, -0.05) is 13.8 Å². The van der Waals surface area contributed by atoms with Crippen molar-refractivity contribution in [1.82, 2.24) is 15.5 Å². The SMILES string of the molecule is CCNC(=NCCCC(C)C)NCCC(=O)N1CCCC1. The minimum atomic E-state index is 0.260. The van der Waals surface area contributed by atoms with Gasteiger partial charge >= 0.3 is 0 Å². The summed E-state index contributed by atoms with van der Waals surface area (Å²) in [5.74, 6) is 1.82. The lowest BCUT2D eigenvalue weighted by Crippen LogP contribution is -2.39. The van der Waals surface area contributed by atoms with Gasteiger partial charge in [-0.3, -0.25) is 9.79 Å². The molecule has 21 heavy (non-hydrogen) atoms. The molecular formula is C16H32N4O. The summed E-state index contributed by atoms with van der Waals surface area (Å²) in [5, 5.41) is 6.48. The topological polar surface area (TPSA) is 56.7 Å². The molecule has 0 radical (unpaired) electrons. The van der Waals surface area contributed by atoms with E-state index in [0.29, 0.717) is 13.0 Å². The van der Waals surface area contributed by atoms with Gasteiger partial charge in [0.25, 0.3) is 0 Å². The number of rotatable bonds is 8. The molecule has 1 saturated heterocycles. The van der Waals surface area contributed by atoms with Crippen LogP contribution in [0, 0.1) is 5.92 Å². The molecule has 1 aliphatic heterocycles. The monoisotopic (exact) mass is 296 g/mol. The molecule has 0 atom stereocenters. The Morgan fingerprint density at radius 3 is 2.57 bits per heavy atom. The van der Waals surface area contributed by atoms with E-state index < -0.39 is 0 Å². The molecule has 0 aromatic carbocycles. The first-order valence-electron chi connectivity index (χ1n) is 8.43. The van der Waals surface area contributed by atoms with Crippen LogP contribution in [0.3, 0.4) is 0 Å². The van der Waals surface area contributed by atoms with Crippen molar-refractivity contribution in [1.29, 1.82) is 0 Å². The standard InChI is InChI=1S/C16H32N4O/c1-4-17-16(18-10-7-8-14(2)3)19-11-9-15(21)20-12-5-6-13-20/h14H,4-13H2,1-3H3,(H2,17,18,19). The van der Waals surface area contributed by atoms with Gasteiger partial charge in [-0.2, -0.15) is 0 Å². The van der Waals surface area contributed by atoms with Crippen molar-refractivity contribution in [2.75, 3.05) is 32.7 Å². The summed E-state index contributed by atoms with van der Waals surface area (Å²) >= 11 is 0. The summed E-state index contributed by atoms with van der Waals surface area (Å²) in [7, 11) is 0. The molecule has 1 fully saturated rings. The predicted molar refractivity (Wildman–Crippen MR) is 88.5 cm³/mol. The van der Waals surface area contributed by atoms with E-state index in [4.69, 9.17) is 0 Å². The Bertz CT molecular complexity index is 322. The van der Waals surface area contributed by atoms with Crippen LogP contribution in [0.15, 0.2) is 4.99 Å². The van der Waals surface area contributed by atoms with Gasteiger partial charge in [-0.25, -0.2) is 0 Å². The van der Waals surface area contributed by atoms with Crippen molar-refractivity contribution < 1.29 is 4.79 Å². The Labute approximate surface area is 129 Å². The number of aliphatic imine (C=N–C) groups is 1. The van der Waals surface area contributed by atoms with E-state index in [9.17, 15) is 4.79 Å². The summed E-state index contributed by atoms with van der Waals surface area (Å²) in [6.45, 7) is 10.7. The van der Waals surface area contributed by atoms with E-state index in [-0.39, 0.29) is 5.91 Å². The van der Waals surface area contributed by atoms with Crippen LogP contribution in [0.5, 0.6) is 0 Å². The number of nitrogens with one attached hydrogen (secondary N) is 2. The summed E-state index contributed by atoms with van der Waals surface area (Å²) < 4.78 is 0. The fraction of sp³-hybridized carbons (Fsp3) is 0.875. The minimum absolute atomic E-state index is 0.260. The maximum absolute atomic E-state index is 11.9. The van der Waals surface area contributed by atoms with Crippen molar-refractivity contribution in [2.24, 2.45) is 10.9 Å². The van der Waals surface area contributed by atoms with Gasteiger partial charge < -0.3 is 15.5 Å². The zero-order chi connectivity index (χ0) is 15.5. The molecule has 2 N–H and O–H groups in total. The van der Waals surface area contributed by atoms with Crippen molar-refractivity contribution in [3.05, 3.63) is 0 Å². The van der Waals surface area contributed by atoms with Crippen LogP contribution in [0.2, 0.25) is 0 Å². The molecule has 0 spiro atoms. The Morgan fingerprint density at radius 2 is 1.95 bits per heavy atom. The summed E-state index contributed by atoms with van der Waals surface area (Å²) in [6, 6.07) is 0. The van der Waals surface area contributed by atoms with Gasteiger partial charge in [0.05, 0.1) is 0 Å². The third-order valence-electron chi connectivity index (χ3n) is 3.64. The second-order valence-electron chi connectivity index (χ2n) is 6.06. The smallest absolute Gasteiger partial charge is 0.224 e. The van der Waals surface area contributed by atoms with Gasteiger partial charge in [0.2, 0.25) is 5.91 Å². The number of likely N-dealkylation sites (tertiary alicyclic amines) is 1. The van der Waals surface area contributed by atoms with Gasteiger partial charge in [0.1, 0.15) is 0 Å². The van der Waals surface area contributed by atoms with Crippen LogP contribution in [0.4, 0.5) is 0 Å². The minimum Gasteiger partial charge on any atom is -0.357 e. The number of nitrogens with zero attached hydrogens (tertiary/aromatic N) is 2. The van der Waals surface area contributed by atoms with Gasteiger partial charge in [0, 0.05) is 39.1 Å². The average Bonchev–Trinajstić information content (AvgIpc) is 2.97. The quantitative estimate of drug-likeness (QED) is 0.409. The van der Waals surface area contributed by atoms with Crippen molar-refractivity contribution in [3.8, 4) is 0 Å². The maximum atomic E-state index is 11.9. The molecule has 0 saturated carbocycles. The van der Waals surface area contributed by atoms with Crippen LogP contribution in [-0.4, -0.2) is 49.5 Å². The number of hydrogen-bond acceptors (Lipinski definition) is 2. The van der Waals surface area contributed by atoms with E-state index in [0.717, 1.165) is 57.3 Å². The first-order chi connectivity index (χ1) is 10.1. The van der Waals surface area contributed by atoms with Crippen molar-refractivity contribution >= 4 is 11.9 Å². The fourth-order valence-electron chi connectivity index (χ4n) is 2.44. The zero-order valence-electron chi connectivity index (χ0n) is 14.0. The van der Waals surface area contributed by atoms with Crippen molar-refractivity contribution in [3.63, 3.8) is 0 Å². The molecule has 5 nitrogen and oxygen atoms in total. The lowest BCUT2D eigenvalue weighted by molar-refractivity contribution is -0.129. The first-order valence-corrected chi connectivity index (χ1v) is 8.43. The average molecular weight is 296 g/mol. The molecule has 5 heteroatoms. The lowest BCUT2D eigenvalue weighted by atomic mass is 10.1. The molecular weight excluding hydrogens is 264 g/mol. The van der Waals surface area contributed by atoms with Crippen LogP contribution >= 0.6 is 0 Å². The Balaban J connectivity index is 2.22. The van der Waals surface area contributed by atoms with Crippen LogP contribution in [0.25, 0.3) is 0 Å². The first kappa shape index (κ1) is 17.8. The highest BCUT2D eigenvalue weighted by Gasteiger charge is 2.17. The molecule has 0 unspecified atom stereocenters. The van der Waals surface area contributed by atoms with Gasteiger partial charge in [-0.05, 0) is 38.5 Å². The van der Waals surface area contributed by atoms with E-state index in [1.807, 2.05) is 4.90 Å². The molecule has 1 amide bonds. The third-order valence-corrected chi connectivity index (χ3v) is 3.64. The highest BCUT2D eigenvalue weighted by molar-refractivity contribution is 5.81. The summed E-state index contributed by atoms with van der Waals surface area (Å²) in [6.07, 6.45) is 5.17. The van der Waals surface area contributed by atoms with Gasteiger partial charge in [0.15, 0.2) is 5.96 Å². The van der Waals surface area contributed by atoms with Crippen LogP contribution in [-0.2, 0) is 4.79 Å². The third kappa shape index (κ3) is 7.93. The highest BCUT2D eigenvalue weighted by atomic mass is 16.2. The van der Waals surface area contributed by atoms with Crippen LogP contribution in [0.1, 0.15) is 52.9 Å². The van der Waals surface area contributed by atoms with E-state index in [1.165, 1.54) is 6.42 Å². The zero-order valence-corrected chi connectivity index (χ0v) is 14.0. The number of carbonyl (C=O) groups excluding carboxylic acids is 1. The number of carbonyl (C=O) groups is 1. The van der Waals surface area contributed by atoms with E-state index in [2.05, 4.69) is 36.4 Å². The lowest BCUT2D eigenvalue weighted by Gasteiger charge is -2.16. The van der Waals surface area contributed by atoms with Crippen molar-refractivity contribution in [2.45, 2.75) is 52.9 Å². The second-order valence-corrected chi connectivity index (χ2v) is 6.06. The molecule has 1 rings (SSSR count). The number of hydrogen-bond donors (Lipinski definition) is 2. The summed E-state index contributed by atoms with van der Waals surface area (Å²) in [5.41, 5.74) is 0. The normalized spacial score (nSPS) is 15.6. The second kappa shape index (κ2) is 10.5. The number of amides is 1. The Morgan fingerprint density at radius 1 is 1.24 bits per heavy atom. The fourth-order valence-corrected chi connectivity index (χ4v) is 2.44. The highest BCUT2D eigenvalue weighted by Crippen LogP contribution is 2.08. The largest absolute Gasteiger partial charge is 0.357 e. The molecule has 0 aromatic heterocycles. The molecule has 0 bridgehead atoms. The number of guanidine groups is 1. The van der Waals surface area contributed by atoms with Gasteiger partial charge in [-0.15, -0.1) is 0 Å².